The van der Waals surface area contributed by atoms with E-state index in [0.717, 1.165) is 26.1 Å². The van der Waals surface area contributed by atoms with Gasteiger partial charge in [0.2, 0.25) is 0 Å². The van der Waals surface area contributed by atoms with Crippen LogP contribution in [0.15, 0.2) is 68.8 Å². The molecule has 1 N–H and O–H groups in total. The zero-order valence-electron chi connectivity index (χ0n) is 14.3. The number of nitrogens with zero attached hydrogens (tertiary/aromatic N) is 2. The number of thiophene rings is 1. The quantitative estimate of drug-likeness (QED) is 0.247. The van der Waals surface area contributed by atoms with Crippen molar-refractivity contribution in [1.82, 2.24) is 0 Å². The lowest BCUT2D eigenvalue weighted by Crippen LogP contribution is -2.06. The Morgan fingerprint density at radius 2 is 1.86 bits per heavy atom. The van der Waals surface area contributed by atoms with Crippen molar-refractivity contribution in [2.75, 3.05) is 5.43 Å². The van der Waals surface area contributed by atoms with Crippen molar-refractivity contribution in [2.24, 2.45) is 5.10 Å². The van der Waals surface area contributed by atoms with E-state index in [1.54, 1.807) is 12.1 Å². The van der Waals surface area contributed by atoms with E-state index < -0.39 is 22.4 Å². The number of hydrogen-bond donors (Lipinski definition) is 1. The van der Waals surface area contributed by atoms with Crippen LogP contribution in [0.1, 0.15) is 10.4 Å². The van der Waals surface area contributed by atoms with Crippen LogP contribution in [-0.4, -0.2) is 11.1 Å². The van der Waals surface area contributed by atoms with E-state index in [-0.39, 0.29) is 5.69 Å². The molecule has 11 heteroatoms. The smallest absolute Gasteiger partial charge is 0.272 e. The Labute approximate surface area is 176 Å². The second-order valence-electron chi connectivity index (χ2n) is 5.57. The fourth-order valence-electron chi connectivity index (χ4n) is 2.20. The van der Waals surface area contributed by atoms with Crippen LogP contribution in [0.3, 0.4) is 0 Å². The highest BCUT2D eigenvalue weighted by atomic mass is 35.5. The van der Waals surface area contributed by atoms with Gasteiger partial charge in [0.1, 0.15) is 5.69 Å². The Kier molecular flexibility index (Phi) is 6.46. The third-order valence-corrected chi connectivity index (χ3v) is 5.94. The Morgan fingerprint density at radius 3 is 2.52 bits per heavy atom. The highest BCUT2D eigenvalue weighted by Crippen LogP contribution is 2.35. The molecule has 150 valence electrons. The lowest BCUT2D eigenvalue weighted by Gasteiger charge is -2.08. The first kappa shape index (κ1) is 21.2. The van der Waals surface area contributed by atoms with E-state index in [0.29, 0.717) is 11.1 Å². The molecule has 2 aromatic carbocycles. The molecule has 1 heterocycles. The molecule has 0 spiro atoms. The first-order valence-electron chi connectivity index (χ1n) is 7.90. The first-order valence-corrected chi connectivity index (χ1v) is 9.91. The zero-order valence-corrected chi connectivity index (χ0v) is 16.7. The van der Waals surface area contributed by atoms with E-state index in [1.807, 2.05) is 24.3 Å². The van der Waals surface area contributed by atoms with Crippen LogP contribution in [0, 0.1) is 10.1 Å². The van der Waals surface area contributed by atoms with Crippen LogP contribution >= 0.6 is 34.7 Å². The van der Waals surface area contributed by atoms with Gasteiger partial charge in [-0.3, -0.25) is 15.5 Å². The van der Waals surface area contributed by atoms with Gasteiger partial charge < -0.3 is 0 Å². The summed E-state index contributed by atoms with van der Waals surface area (Å²) in [6, 6.07) is 13.3. The van der Waals surface area contributed by atoms with Crippen molar-refractivity contribution in [3.05, 3.63) is 80.2 Å². The molecule has 3 aromatic rings. The van der Waals surface area contributed by atoms with Crippen LogP contribution in [0.4, 0.5) is 24.5 Å². The number of anilines is 1. The molecule has 5 nitrogen and oxygen atoms in total. The maximum atomic E-state index is 12.7. The average molecular weight is 458 g/mol. The van der Waals surface area contributed by atoms with Crippen molar-refractivity contribution in [2.45, 2.75) is 15.3 Å². The third kappa shape index (κ3) is 5.72. The Hall–Kier alpha value is -2.56. The minimum atomic E-state index is -4.66. The molecule has 29 heavy (non-hydrogen) atoms. The number of alkyl halides is 3. The first-order chi connectivity index (χ1) is 13.7. The predicted molar refractivity (Wildman–Crippen MR) is 109 cm³/mol. The monoisotopic (exact) mass is 457 g/mol. The van der Waals surface area contributed by atoms with Crippen LogP contribution < -0.4 is 5.43 Å². The molecular weight excluding hydrogens is 447 g/mol. The predicted octanol–water partition coefficient (Wildman–Crippen LogP) is 6.93. The largest absolute Gasteiger partial charge is 0.416 e. The maximum absolute atomic E-state index is 12.7. The number of nitrogens with one attached hydrogen (secondary N) is 1. The summed E-state index contributed by atoms with van der Waals surface area (Å²) in [5, 5.41) is 15.6. The van der Waals surface area contributed by atoms with Crippen molar-refractivity contribution in [1.29, 1.82) is 0 Å². The molecule has 3 rings (SSSR count). The van der Waals surface area contributed by atoms with Gasteiger partial charge in [-0.2, -0.15) is 18.3 Å². The average Bonchev–Trinajstić information content (AvgIpc) is 3.10. The molecular formula is C18H11ClF3N3O2S2. The zero-order chi connectivity index (χ0) is 21.0. The summed E-state index contributed by atoms with van der Waals surface area (Å²) in [6.07, 6.45) is -3.22. The highest BCUT2D eigenvalue weighted by Gasteiger charge is 2.33. The molecule has 0 aliphatic rings. The number of hydrogen-bond acceptors (Lipinski definition) is 6. The van der Waals surface area contributed by atoms with Crippen molar-refractivity contribution < 1.29 is 18.1 Å². The van der Waals surface area contributed by atoms with Gasteiger partial charge in [0, 0.05) is 20.9 Å². The lowest BCUT2D eigenvalue weighted by atomic mass is 10.1. The number of hydrazone groups is 1. The van der Waals surface area contributed by atoms with Gasteiger partial charge in [-0.25, -0.2) is 0 Å². The Morgan fingerprint density at radius 1 is 1.14 bits per heavy atom. The molecule has 0 aliphatic carbocycles. The summed E-state index contributed by atoms with van der Waals surface area (Å²) in [5.74, 6) is 0. The van der Waals surface area contributed by atoms with Crippen LogP contribution in [0.25, 0.3) is 0 Å². The molecule has 1 aromatic heterocycles. The SMILES string of the molecule is O=[N+]([O-])c1cc(C(F)(F)F)ccc1N/N=C\c1ccc(Sc2ccc(Cl)cc2)s1. The summed E-state index contributed by atoms with van der Waals surface area (Å²) >= 11 is 8.84. The lowest BCUT2D eigenvalue weighted by molar-refractivity contribution is -0.384. The Balaban J connectivity index is 1.69. The van der Waals surface area contributed by atoms with Gasteiger partial charge in [0.05, 0.1) is 20.9 Å². The van der Waals surface area contributed by atoms with Crippen LogP contribution in [0.2, 0.25) is 5.02 Å². The van der Waals surface area contributed by atoms with E-state index in [4.69, 9.17) is 11.6 Å². The number of nitro benzene ring substituents is 1. The maximum Gasteiger partial charge on any atom is 0.416 e. The van der Waals surface area contributed by atoms with Crippen LogP contribution in [0.5, 0.6) is 0 Å². The topological polar surface area (TPSA) is 67.5 Å². The standard InChI is InChI=1S/C18H11ClF3N3O2S2/c19-12-2-4-13(5-3-12)28-17-8-6-14(29-17)10-23-24-15-7-1-11(18(20,21)22)9-16(15)25(26)27/h1-10,24H/b23-10-. The molecule has 0 amide bonds. The van der Waals surface area contributed by atoms with Gasteiger partial charge in [0.15, 0.2) is 0 Å². The second-order valence-corrected chi connectivity index (χ2v) is 8.50. The number of benzene rings is 2. The summed E-state index contributed by atoms with van der Waals surface area (Å²) in [7, 11) is 0. The van der Waals surface area contributed by atoms with Gasteiger partial charge in [-0.1, -0.05) is 23.4 Å². The van der Waals surface area contributed by atoms with Gasteiger partial charge in [-0.15, -0.1) is 11.3 Å². The van der Waals surface area contributed by atoms with Gasteiger partial charge in [0.25, 0.3) is 5.69 Å². The van der Waals surface area contributed by atoms with Crippen molar-refractivity contribution in [3.63, 3.8) is 0 Å². The molecule has 0 unspecified atom stereocenters. The Bertz CT molecular complexity index is 1050. The molecule has 0 bridgehead atoms. The minimum Gasteiger partial charge on any atom is -0.272 e. The van der Waals surface area contributed by atoms with Gasteiger partial charge >= 0.3 is 6.18 Å². The van der Waals surface area contributed by atoms with E-state index in [1.165, 1.54) is 29.3 Å². The van der Waals surface area contributed by atoms with E-state index in [2.05, 4.69) is 10.5 Å². The normalized spacial score (nSPS) is 11.7. The van der Waals surface area contributed by atoms with E-state index >= 15 is 0 Å². The highest BCUT2D eigenvalue weighted by molar-refractivity contribution is 8.01. The van der Waals surface area contributed by atoms with Crippen LogP contribution in [-0.2, 0) is 6.18 Å². The van der Waals surface area contributed by atoms with Gasteiger partial charge in [-0.05, 0) is 48.5 Å². The molecule has 0 saturated heterocycles. The summed E-state index contributed by atoms with van der Waals surface area (Å²) in [5.41, 5.74) is 0.497. The van der Waals surface area contributed by atoms with Crippen molar-refractivity contribution >= 4 is 52.3 Å². The summed E-state index contributed by atoms with van der Waals surface area (Å²) in [4.78, 5) is 12.0. The molecule has 0 aliphatic heterocycles. The number of nitro groups is 1. The summed E-state index contributed by atoms with van der Waals surface area (Å²) < 4.78 is 39.2. The fourth-order valence-corrected chi connectivity index (χ4v) is 4.32. The number of rotatable bonds is 6. The molecule has 0 radical (unpaired) electrons. The third-order valence-electron chi connectivity index (χ3n) is 3.53. The molecule has 0 fully saturated rings. The molecule has 0 saturated carbocycles. The second kappa shape index (κ2) is 8.85. The van der Waals surface area contributed by atoms with E-state index in [9.17, 15) is 23.3 Å². The summed E-state index contributed by atoms with van der Waals surface area (Å²) in [6.45, 7) is 0. The fraction of sp³-hybridized carbons (Fsp3) is 0.0556. The number of halogens is 4. The van der Waals surface area contributed by atoms with Crippen molar-refractivity contribution in [3.8, 4) is 0 Å². The minimum absolute atomic E-state index is 0.133. The molecule has 0 atom stereocenters.